The number of nitrogens with one attached hydrogen (secondary N) is 1. The number of carbonyl (C=O) groups is 2. The molecule has 1 aliphatic rings. The average molecular weight is 501 g/mol. The number of methoxy groups -OCH3 is 1. The molecule has 7 nitrogen and oxygen atoms in total. The Bertz CT molecular complexity index is 1440. The second-order valence-electron chi connectivity index (χ2n) is 7.97. The summed E-state index contributed by atoms with van der Waals surface area (Å²) in [6.07, 6.45) is -0.836. The first-order valence-corrected chi connectivity index (χ1v) is 11.5. The lowest BCUT2D eigenvalue weighted by Crippen LogP contribution is -2.36. The van der Waals surface area contributed by atoms with Crippen molar-refractivity contribution in [3.63, 3.8) is 0 Å². The smallest absolute Gasteiger partial charge is 0.420 e. The van der Waals surface area contributed by atoms with Gasteiger partial charge in [0, 0.05) is 28.7 Å². The predicted molar refractivity (Wildman–Crippen MR) is 124 cm³/mol. The molecule has 4 heterocycles. The fourth-order valence-electron chi connectivity index (χ4n) is 4.15. The standard InChI is InChI=1S/C24H19F3N4O3S/c1-34-19-6-5-14(10-17(19)24(25,26)27)29-22(32)16-13-35-20-12-30(9-7-15(16)20)23(33)18-11-28-21-4-2-3-8-31(18)21/h2-6,8,10-11,13H,7,9,12H2,1H3,(H,29,32). The number of carbonyl (C=O) groups excluding carboxylic acids is 2. The molecule has 4 aromatic rings. The van der Waals surface area contributed by atoms with E-state index in [1.807, 2.05) is 18.2 Å². The fourth-order valence-corrected chi connectivity index (χ4v) is 5.24. The number of alkyl halides is 3. The zero-order chi connectivity index (χ0) is 24.7. The first kappa shape index (κ1) is 22.9. The number of anilines is 1. The van der Waals surface area contributed by atoms with Gasteiger partial charge in [-0.1, -0.05) is 6.07 Å². The Labute approximate surface area is 201 Å². The summed E-state index contributed by atoms with van der Waals surface area (Å²) in [5.74, 6) is -0.979. The summed E-state index contributed by atoms with van der Waals surface area (Å²) in [5, 5.41) is 4.23. The number of amides is 2. The van der Waals surface area contributed by atoms with Crippen molar-refractivity contribution in [2.75, 3.05) is 19.0 Å². The van der Waals surface area contributed by atoms with Crippen molar-refractivity contribution in [2.45, 2.75) is 19.1 Å². The Morgan fingerprint density at radius 2 is 2.03 bits per heavy atom. The molecule has 0 saturated carbocycles. The van der Waals surface area contributed by atoms with E-state index in [4.69, 9.17) is 4.74 Å². The minimum atomic E-state index is -4.62. The van der Waals surface area contributed by atoms with Crippen LogP contribution in [-0.2, 0) is 19.1 Å². The number of rotatable bonds is 4. The van der Waals surface area contributed by atoms with Crippen molar-refractivity contribution in [1.82, 2.24) is 14.3 Å². The van der Waals surface area contributed by atoms with E-state index in [1.165, 1.54) is 23.5 Å². The number of benzene rings is 1. The minimum absolute atomic E-state index is 0.0169. The molecule has 1 aromatic carbocycles. The number of pyridine rings is 1. The molecule has 0 saturated heterocycles. The van der Waals surface area contributed by atoms with Crippen molar-refractivity contribution >= 4 is 34.5 Å². The van der Waals surface area contributed by atoms with Crippen LogP contribution in [0.1, 0.15) is 36.9 Å². The molecule has 180 valence electrons. The summed E-state index contributed by atoms with van der Waals surface area (Å²) in [4.78, 5) is 32.9. The van der Waals surface area contributed by atoms with E-state index in [2.05, 4.69) is 10.3 Å². The first-order chi connectivity index (χ1) is 16.8. The van der Waals surface area contributed by atoms with Gasteiger partial charge in [0.15, 0.2) is 0 Å². The molecule has 0 spiro atoms. The molecule has 3 aromatic heterocycles. The third kappa shape index (κ3) is 4.23. The molecule has 1 aliphatic heterocycles. The van der Waals surface area contributed by atoms with Crippen LogP contribution in [0.25, 0.3) is 5.65 Å². The number of thiophene rings is 1. The number of ether oxygens (including phenoxy) is 1. The minimum Gasteiger partial charge on any atom is -0.496 e. The van der Waals surface area contributed by atoms with Crippen LogP contribution < -0.4 is 10.1 Å². The number of imidazole rings is 1. The molecule has 1 N–H and O–H groups in total. The van der Waals surface area contributed by atoms with Crippen molar-refractivity contribution in [1.29, 1.82) is 0 Å². The molecule has 0 radical (unpaired) electrons. The van der Waals surface area contributed by atoms with Crippen LogP contribution in [0.15, 0.2) is 54.2 Å². The predicted octanol–water partition coefficient (Wildman–Crippen LogP) is 4.87. The van der Waals surface area contributed by atoms with E-state index in [1.54, 1.807) is 27.1 Å². The van der Waals surface area contributed by atoms with Gasteiger partial charge >= 0.3 is 6.18 Å². The summed E-state index contributed by atoms with van der Waals surface area (Å²) >= 11 is 1.35. The van der Waals surface area contributed by atoms with Gasteiger partial charge in [0.2, 0.25) is 0 Å². The zero-order valence-corrected chi connectivity index (χ0v) is 19.2. The number of hydrogen-bond donors (Lipinski definition) is 1. The summed E-state index contributed by atoms with van der Waals surface area (Å²) in [6.45, 7) is 0.747. The van der Waals surface area contributed by atoms with Gasteiger partial charge in [0.25, 0.3) is 11.8 Å². The van der Waals surface area contributed by atoms with Crippen LogP contribution in [0, 0.1) is 0 Å². The number of nitrogens with zero attached hydrogens (tertiary/aromatic N) is 3. The SMILES string of the molecule is COc1ccc(NC(=O)c2csc3c2CCN(C(=O)c2cnc4ccccn24)C3)cc1C(F)(F)F. The van der Waals surface area contributed by atoms with Gasteiger partial charge in [-0.25, -0.2) is 4.98 Å². The molecular weight excluding hydrogens is 481 g/mol. The van der Waals surface area contributed by atoms with E-state index < -0.39 is 17.6 Å². The Kier molecular flexibility index (Phi) is 5.72. The molecule has 5 rings (SSSR count). The van der Waals surface area contributed by atoms with Crippen molar-refractivity contribution < 1.29 is 27.5 Å². The molecule has 11 heteroatoms. The third-order valence-corrected chi connectivity index (χ3v) is 6.89. The monoisotopic (exact) mass is 500 g/mol. The summed E-state index contributed by atoms with van der Waals surface area (Å²) < 4.78 is 46.5. The second-order valence-corrected chi connectivity index (χ2v) is 8.93. The lowest BCUT2D eigenvalue weighted by atomic mass is 10.0. The number of fused-ring (bicyclic) bond motifs is 2. The van der Waals surface area contributed by atoms with E-state index in [-0.39, 0.29) is 17.3 Å². The van der Waals surface area contributed by atoms with Crippen LogP contribution in [0.5, 0.6) is 5.75 Å². The molecule has 0 fully saturated rings. The van der Waals surface area contributed by atoms with Crippen molar-refractivity contribution in [2.24, 2.45) is 0 Å². The summed E-state index contributed by atoms with van der Waals surface area (Å²) in [5.41, 5.74) is 1.39. The molecular formula is C24H19F3N4O3S. The van der Waals surface area contributed by atoms with Crippen LogP contribution in [-0.4, -0.2) is 39.8 Å². The highest BCUT2D eigenvalue weighted by Crippen LogP contribution is 2.38. The van der Waals surface area contributed by atoms with Crippen LogP contribution in [0.2, 0.25) is 0 Å². The van der Waals surface area contributed by atoms with Crippen LogP contribution in [0.4, 0.5) is 18.9 Å². The first-order valence-electron chi connectivity index (χ1n) is 10.6. The van der Waals surface area contributed by atoms with Crippen LogP contribution in [0.3, 0.4) is 0 Å². The maximum absolute atomic E-state index is 13.3. The van der Waals surface area contributed by atoms with Gasteiger partial charge in [-0.05, 0) is 42.3 Å². The van der Waals surface area contributed by atoms with Gasteiger partial charge < -0.3 is 15.0 Å². The highest BCUT2D eigenvalue weighted by Gasteiger charge is 2.35. The molecule has 2 amide bonds. The zero-order valence-electron chi connectivity index (χ0n) is 18.4. The molecule has 0 unspecified atom stereocenters. The van der Waals surface area contributed by atoms with Gasteiger partial charge in [-0.2, -0.15) is 13.2 Å². The molecule has 0 aliphatic carbocycles. The quantitative estimate of drug-likeness (QED) is 0.434. The average Bonchev–Trinajstić information content (AvgIpc) is 3.47. The largest absolute Gasteiger partial charge is 0.496 e. The van der Waals surface area contributed by atoms with Gasteiger partial charge in [-0.3, -0.25) is 14.0 Å². The Morgan fingerprint density at radius 1 is 1.20 bits per heavy atom. The summed E-state index contributed by atoms with van der Waals surface area (Å²) in [6, 6.07) is 8.87. The topological polar surface area (TPSA) is 75.9 Å². The highest BCUT2D eigenvalue weighted by atomic mass is 32.1. The fraction of sp³-hybridized carbons (Fsp3) is 0.208. The van der Waals surface area contributed by atoms with E-state index in [0.29, 0.717) is 36.4 Å². The van der Waals surface area contributed by atoms with Crippen molar-refractivity contribution in [3.05, 3.63) is 81.4 Å². The lowest BCUT2D eigenvalue weighted by Gasteiger charge is -2.27. The van der Waals surface area contributed by atoms with Gasteiger partial charge in [0.05, 0.1) is 31.0 Å². The van der Waals surface area contributed by atoms with Gasteiger partial charge in [-0.15, -0.1) is 11.3 Å². The summed E-state index contributed by atoms with van der Waals surface area (Å²) in [7, 11) is 1.16. The molecule has 35 heavy (non-hydrogen) atoms. The Balaban J connectivity index is 1.34. The highest BCUT2D eigenvalue weighted by molar-refractivity contribution is 7.10. The van der Waals surface area contributed by atoms with Crippen LogP contribution >= 0.6 is 11.3 Å². The second kappa shape index (κ2) is 8.73. The maximum atomic E-state index is 13.3. The molecule has 0 atom stereocenters. The number of hydrogen-bond acceptors (Lipinski definition) is 5. The molecule has 0 bridgehead atoms. The lowest BCUT2D eigenvalue weighted by molar-refractivity contribution is -0.138. The Morgan fingerprint density at radius 3 is 2.80 bits per heavy atom. The normalized spacial score (nSPS) is 13.5. The van der Waals surface area contributed by atoms with Gasteiger partial charge in [0.1, 0.15) is 17.1 Å². The van der Waals surface area contributed by atoms with E-state index in [9.17, 15) is 22.8 Å². The number of halogens is 3. The Hall–Kier alpha value is -3.86. The number of aromatic nitrogens is 2. The maximum Gasteiger partial charge on any atom is 0.420 e. The third-order valence-electron chi connectivity index (χ3n) is 5.88. The van der Waals surface area contributed by atoms with Crippen molar-refractivity contribution in [3.8, 4) is 5.75 Å². The van der Waals surface area contributed by atoms with E-state index >= 15 is 0 Å². The van der Waals surface area contributed by atoms with E-state index in [0.717, 1.165) is 23.6 Å².